The molecule has 2 aromatic carbocycles. The minimum Gasteiger partial charge on any atom is -0.495 e. The van der Waals surface area contributed by atoms with Crippen LogP contribution in [0, 0.1) is 0 Å². The molecule has 0 aromatic heterocycles. The fourth-order valence-corrected chi connectivity index (χ4v) is 6.29. The number of morpholine rings is 1. The van der Waals surface area contributed by atoms with Gasteiger partial charge >= 0.3 is 0 Å². The Kier molecular flexibility index (Phi) is 7.23. The quantitative estimate of drug-likeness (QED) is 0.658. The van der Waals surface area contributed by atoms with E-state index in [0.29, 0.717) is 36.2 Å². The Morgan fingerprint density at radius 3 is 2.55 bits per heavy atom. The van der Waals surface area contributed by atoms with E-state index in [1.165, 1.54) is 46.3 Å². The van der Waals surface area contributed by atoms with Gasteiger partial charge in [0, 0.05) is 24.4 Å². The summed E-state index contributed by atoms with van der Waals surface area (Å²) < 4.78 is 38.0. The van der Waals surface area contributed by atoms with E-state index in [0.717, 1.165) is 0 Å². The molecule has 2 heterocycles. The smallest absolute Gasteiger partial charge is 0.255 e. The van der Waals surface area contributed by atoms with Crippen molar-refractivity contribution in [2.24, 2.45) is 0 Å². The highest BCUT2D eigenvalue weighted by Gasteiger charge is 2.36. The molecule has 0 unspecified atom stereocenters. The van der Waals surface area contributed by atoms with Gasteiger partial charge in [-0.1, -0.05) is 18.2 Å². The average Bonchev–Trinajstić information content (AvgIpc) is 3.35. The first kappa shape index (κ1) is 23.6. The largest absolute Gasteiger partial charge is 0.495 e. The van der Waals surface area contributed by atoms with Crippen molar-refractivity contribution < 1.29 is 27.5 Å². The van der Waals surface area contributed by atoms with Gasteiger partial charge < -0.3 is 19.7 Å². The van der Waals surface area contributed by atoms with Crippen molar-refractivity contribution in [2.45, 2.75) is 10.9 Å². The lowest BCUT2D eigenvalue weighted by Crippen LogP contribution is -2.44. The second-order valence-corrected chi connectivity index (χ2v) is 10.5. The van der Waals surface area contributed by atoms with Crippen LogP contribution < -0.4 is 10.1 Å². The van der Waals surface area contributed by atoms with Crippen molar-refractivity contribution in [3.8, 4) is 5.75 Å². The highest BCUT2D eigenvalue weighted by Crippen LogP contribution is 2.31. The number of carbonyl (C=O) groups excluding carboxylic acids is 2. The van der Waals surface area contributed by atoms with Crippen LogP contribution in [0.2, 0.25) is 0 Å². The van der Waals surface area contributed by atoms with Crippen molar-refractivity contribution in [2.75, 3.05) is 50.4 Å². The number of amides is 2. The number of hydrogen-bond donors (Lipinski definition) is 1. The number of thioether (sulfide) groups is 1. The fourth-order valence-electron chi connectivity index (χ4n) is 3.70. The highest BCUT2D eigenvalue weighted by atomic mass is 32.2. The highest BCUT2D eigenvalue weighted by molar-refractivity contribution is 7.99. The summed E-state index contributed by atoms with van der Waals surface area (Å²) in [7, 11) is -2.30. The zero-order chi connectivity index (χ0) is 23.4. The Balaban J connectivity index is 1.55. The van der Waals surface area contributed by atoms with Crippen LogP contribution in [0.1, 0.15) is 10.4 Å². The van der Waals surface area contributed by atoms with Crippen LogP contribution in [0.25, 0.3) is 0 Å². The predicted molar refractivity (Wildman–Crippen MR) is 125 cm³/mol. The number of benzene rings is 2. The van der Waals surface area contributed by atoms with Crippen LogP contribution in [0.4, 0.5) is 5.69 Å². The maximum Gasteiger partial charge on any atom is 0.255 e. The fraction of sp³-hybridized carbons (Fsp3) is 0.364. The molecule has 2 amide bonds. The van der Waals surface area contributed by atoms with Crippen LogP contribution >= 0.6 is 11.8 Å². The van der Waals surface area contributed by atoms with Crippen molar-refractivity contribution in [3.05, 3.63) is 54.1 Å². The summed E-state index contributed by atoms with van der Waals surface area (Å²) >= 11 is 1.49. The lowest BCUT2D eigenvalue weighted by molar-refractivity contribution is -0.119. The van der Waals surface area contributed by atoms with E-state index in [9.17, 15) is 18.0 Å². The predicted octanol–water partition coefficient (Wildman–Crippen LogP) is 1.87. The molecule has 0 saturated carbocycles. The number of rotatable bonds is 6. The van der Waals surface area contributed by atoms with E-state index in [4.69, 9.17) is 9.47 Å². The molecule has 33 heavy (non-hydrogen) atoms. The van der Waals surface area contributed by atoms with Crippen LogP contribution in [0.5, 0.6) is 5.75 Å². The van der Waals surface area contributed by atoms with Gasteiger partial charge in [0.1, 0.15) is 11.8 Å². The number of hydrogen-bond acceptors (Lipinski definition) is 7. The third kappa shape index (κ3) is 5.01. The number of nitrogens with zero attached hydrogens (tertiary/aromatic N) is 2. The molecule has 2 aliphatic heterocycles. The van der Waals surface area contributed by atoms with E-state index in [-0.39, 0.29) is 29.6 Å². The van der Waals surface area contributed by atoms with Crippen LogP contribution in [-0.4, -0.2) is 80.5 Å². The molecule has 0 spiro atoms. The monoisotopic (exact) mass is 491 g/mol. The molecule has 2 fully saturated rings. The van der Waals surface area contributed by atoms with Gasteiger partial charge in [0.05, 0.1) is 36.8 Å². The molecule has 0 radical (unpaired) electrons. The second-order valence-electron chi connectivity index (χ2n) is 7.52. The van der Waals surface area contributed by atoms with Gasteiger partial charge in [-0.3, -0.25) is 9.59 Å². The second kappa shape index (κ2) is 10.1. The van der Waals surface area contributed by atoms with Crippen molar-refractivity contribution in [1.82, 2.24) is 9.21 Å². The number of anilines is 1. The van der Waals surface area contributed by atoms with Gasteiger partial charge in [-0.25, -0.2) is 8.42 Å². The van der Waals surface area contributed by atoms with Crippen molar-refractivity contribution >= 4 is 39.3 Å². The Hall–Kier alpha value is -2.60. The first-order valence-corrected chi connectivity index (χ1v) is 13.0. The number of methoxy groups -OCH3 is 1. The SMILES string of the molecule is COc1ccc(S(=O)(=O)N2CCOCC2)cc1NC(=O)[C@@H]1CSCN1C(=O)c1ccccc1. The van der Waals surface area contributed by atoms with Gasteiger partial charge in [-0.05, 0) is 30.3 Å². The third-order valence-corrected chi connectivity index (χ3v) is 8.41. The summed E-state index contributed by atoms with van der Waals surface area (Å²) in [5, 5.41) is 2.78. The summed E-state index contributed by atoms with van der Waals surface area (Å²) in [6.07, 6.45) is 0. The van der Waals surface area contributed by atoms with E-state index in [2.05, 4.69) is 5.32 Å². The van der Waals surface area contributed by atoms with Crippen LogP contribution in [0.3, 0.4) is 0 Å². The minimum absolute atomic E-state index is 0.0542. The molecule has 11 heteroatoms. The Bertz CT molecular complexity index is 1120. The van der Waals surface area contributed by atoms with Gasteiger partial charge in [-0.15, -0.1) is 11.8 Å². The van der Waals surface area contributed by atoms with E-state index >= 15 is 0 Å². The lowest BCUT2D eigenvalue weighted by Gasteiger charge is -2.26. The summed E-state index contributed by atoms with van der Waals surface area (Å²) in [5.74, 6) is 0.545. The minimum atomic E-state index is -3.75. The molecule has 4 rings (SSSR count). The standard InChI is InChI=1S/C22H25N3O6S2/c1-30-20-8-7-17(33(28,29)24-9-11-31-12-10-24)13-18(20)23-21(26)19-14-32-15-25(19)22(27)16-5-3-2-4-6-16/h2-8,13,19H,9-12,14-15H2,1H3,(H,23,26)/t19-/m0/s1. The van der Waals surface area contributed by atoms with Gasteiger partial charge in [0.25, 0.3) is 5.91 Å². The molecule has 176 valence electrons. The summed E-state index contributed by atoms with van der Waals surface area (Å²) in [5.41, 5.74) is 0.745. The maximum atomic E-state index is 13.1. The van der Waals surface area contributed by atoms with Crippen LogP contribution in [-0.2, 0) is 19.6 Å². The van der Waals surface area contributed by atoms with Crippen LogP contribution in [0.15, 0.2) is 53.4 Å². The zero-order valence-corrected chi connectivity index (χ0v) is 19.7. The Labute approximate surface area is 197 Å². The van der Waals surface area contributed by atoms with Crippen molar-refractivity contribution in [1.29, 1.82) is 0 Å². The van der Waals surface area contributed by atoms with E-state index in [1.807, 2.05) is 6.07 Å². The maximum absolute atomic E-state index is 13.1. The van der Waals surface area contributed by atoms with Gasteiger partial charge in [0.15, 0.2) is 0 Å². The van der Waals surface area contributed by atoms with E-state index in [1.54, 1.807) is 24.3 Å². The summed E-state index contributed by atoms with van der Waals surface area (Å²) in [4.78, 5) is 27.6. The molecular weight excluding hydrogens is 466 g/mol. The Morgan fingerprint density at radius 1 is 1.12 bits per heavy atom. The number of ether oxygens (including phenoxy) is 2. The molecule has 1 atom stereocenters. The molecule has 2 saturated heterocycles. The molecule has 2 aromatic rings. The number of carbonyl (C=O) groups is 2. The zero-order valence-electron chi connectivity index (χ0n) is 18.1. The molecule has 1 N–H and O–H groups in total. The first-order chi connectivity index (χ1) is 15.9. The normalized spacial score (nSPS) is 19.3. The molecule has 9 nitrogen and oxygen atoms in total. The van der Waals surface area contributed by atoms with Gasteiger partial charge in [-0.2, -0.15) is 4.31 Å². The molecular formula is C22H25N3O6S2. The molecule has 0 bridgehead atoms. The first-order valence-electron chi connectivity index (χ1n) is 10.4. The number of nitrogens with one attached hydrogen (secondary N) is 1. The lowest BCUT2D eigenvalue weighted by atomic mass is 10.1. The van der Waals surface area contributed by atoms with Gasteiger partial charge in [0.2, 0.25) is 15.9 Å². The van der Waals surface area contributed by atoms with Crippen molar-refractivity contribution in [3.63, 3.8) is 0 Å². The molecule has 0 aliphatic carbocycles. The summed E-state index contributed by atoms with van der Waals surface area (Å²) in [6.45, 7) is 1.21. The number of sulfonamides is 1. The average molecular weight is 492 g/mol. The molecule has 2 aliphatic rings. The summed E-state index contributed by atoms with van der Waals surface area (Å²) in [6, 6.07) is 12.5. The Morgan fingerprint density at radius 2 is 1.85 bits per heavy atom. The van der Waals surface area contributed by atoms with E-state index < -0.39 is 22.0 Å². The third-order valence-electron chi connectivity index (χ3n) is 5.50. The topological polar surface area (TPSA) is 105 Å².